The maximum atomic E-state index is 13.8. The number of benzene rings is 3. The van der Waals surface area contributed by atoms with Crippen molar-refractivity contribution in [2.45, 2.75) is 23.9 Å². The molecular weight excluding hydrogens is 420 g/mol. The number of hydrogen-bond acceptors (Lipinski definition) is 4. The zero-order valence-electron chi connectivity index (χ0n) is 18.1. The van der Waals surface area contributed by atoms with Gasteiger partial charge < -0.3 is 4.90 Å². The Morgan fingerprint density at radius 1 is 0.875 bits per heavy atom. The highest BCUT2D eigenvalue weighted by Gasteiger charge is 2.45. The van der Waals surface area contributed by atoms with E-state index in [9.17, 15) is 8.42 Å². The first-order chi connectivity index (χ1) is 15.4. The van der Waals surface area contributed by atoms with Gasteiger partial charge in [-0.1, -0.05) is 78.4 Å². The molecule has 7 heteroatoms. The predicted molar refractivity (Wildman–Crippen MR) is 127 cm³/mol. The van der Waals surface area contributed by atoms with Gasteiger partial charge in [0.1, 0.15) is 5.84 Å². The Morgan fingerprint density at radius 3 is 1.94 bits per heavy atom. The van der Waals surface area contributed by atoms with Crippen LogP contribution in [0.5, 0.6) is 0 Å². The van der Waals surface area contributed by atoms with Gasteiger partial charge in [-0.2, -0.15) is 4.31 Å². The molecule has 0 amide bonds. The SMILES string of the molecule is CN=CN1C(=N)CN(S(=O)(=O)c2ccc(C)cc2)[C@H](c2ccccc2)[C@H]1c1ccccc1. The summed E-state index contributed by atoms with van der Waals surface area (Å²) in [7, 11) is -2.21. The van der Waals surface area contributed by atoms with Crippen LogP contribution in [0.25, 0.3) is 0 Å². The van der Waals surface area contributed by atoms with Crippen molar-refractivity contribution in [3.05, 3.63) is 102 Å². The van der Waals surface area contributed by atoms with Crippen LogP contribution in [-0.4, -0.2) is 43.4 Å². The third-order valence-electron chi connectivity index (χ3n) is 5.68. The molecule has 6 nitrogen and oxygen atoms in total. The van der Waals surface area contributed by atoms with E-state index >= 15 is 0 Å². The van der Waals surface area contributed by atoms with Gasteiger partial charge in [-0.05, 0) is 30.2 Å². The summed E-state index contributed by atoms with van der Waals surface area (Å²) in [6.07, 6.45) is 1.62. The highest BCUT2D eigenvalue weighted by atomic mass is 32.2. The molecule has 0 saturated carbocycles. The first-order valence-corrected chi connectivity index (χ1v) is 11.8. The lowest BCUT2D eigenvalue weighted by molar-refractivity contribution is 0.208. The van der Waals surface area contributed by atoms with Gasteiger partial charge in [0, 0.05) is 7.05 Å². The maximum Gasteiger partial charge on any atom is 0.244 e. The molecule has 164 valence electrons. The van der Waals surface area contributed by atoms with Crippen molar-refractivity contribution in [1.82, 2.24) is 9.21 Å². The van der Waals surface area contributed by atoms with Gasteiger partial charge >= 0.3 is 0 Å². The fourth-order valence-corrected chi connectivity index (χ4v) is 5.72. The van der Waals surface area contributed by atoms with Gasteiger partial charge in [-0.25, -0.2) is 8.42 Å². The standard InChI is InChI=1S/C25H26N4O2S/c1-19-13-15-22(16-14-19)32(30,31)29-17-23(26)28(18-27-2)24(20-9-5-3-6-10-20)25(29)21-11-7-4-8-12-21/h3-16,18,24-26H,17H2,1-2H3/t24-,25-/m1/s1. The Kier molecular flexibility index (Phi) is 6.21. The lowest BCUT2D eigenvalue weighted by Gasteiger charge is -2.46. The summed E-state index contributed by atoms with van der Waals surface area (Å²) < 4.78 is 29.1. The molecule has 1 aliphatic rings. The average molecular weight is 447 g/mol. The van der Waals surface area contributed by atoms with E-state index < -0.39 is 22.1 Å². The third kappa shape index (κ3) is 4.09. The summed E-state index contributed by atoms with van der Waals surface area (Å²) in [5, 5.41) is 8.72. The van der Waals surface area contributed by atoms with E-state index in [0.29, 0.717) is 0 Å². The van der Waals surface area contributed by atoms with Crippen LogP contribution in [0.4, 0.5) is 0 Å². The first-order valence-electron chi connectivity index (χ1n) is 10.4. The van der Waals surface area contributed by atoms with Crippen LogP contribution in [0.2, 0.25) is 0 Å². The Balaban J connectivity index is 1.93. The van der Waals surface area contributed by atoms with Gasteiger partial charge in [0.2, 0.25) is 10.0 Å². The van der Waals surface area contributed by atoms with E-state index in [1.807, 2.05) is 67.6 Å². The minimum Gasteiger partial charge on any atom is -0.311 e. The number of aryl methyl sites for hydroxylation is 1. The molecule has 2 atom stereocenters. The Morgan fingerprint density at radius 2 is 1.41 bits per heavy atom. The summed E-state index contributed by atoms with van der Waals surface area (Å²) in [4.78, 5) is 6.16. The Bertz CT molecular complexity index is 1210. The number of piperazine rings is 1. The minimum atomic E-state index is -3.87. The Hall–Kier alpha value is -3.29. The molecule has 1 saturated heterocycles. The molecule has 3 aromatic carbocycles. The highest BCUT2D eigenvalue weighted by molar-refractivity contribution is 7.89. The summed E-state index contributed by atoms with van der Waals surface area (Å²) in [5.41, 5.74) is 2.76. The summed E-state index contributed by atoms with van der Waals surface area (Å²) in [6, 6.07) is 25.2. The van der Waals surface area contributed by atoms with Crippen molar-refractivity contribution in [2.75, 3.05) is 13.6 Å². The number of aliphatic imine (C=N–C) groups is 1. The van der Waals surface area contributed by atoms with Gasteiger partial charge in [0.15, 0.2) is 0 Å². The van der Waals surface area contributed by atoms with Gasteiger partial charge in [-0.3, -0.25) is 10.4 Å². The molecule has 3 aromatic rings. The minimum absolute atomic E-state index is 0.0505. The molecule has 1 aliphatic heterocycles. The van der Waals surface area contributed by atoms with Crippen molar-refractivity contribution in [3.8, 4) is 0 Å². The van der Waals surface area contributed by atoms with Gasteiger partial charge in [0.25, 0.3) is 0 Å². The highest BCUT2D eigenvalue weighted by Crippen LogP contribution is 2.43. The lowest BCUT2D eigenvalue weighted by atomic mass is 9.90. The van der Waals surface area contributed by atoms with Crippen molar-refractivity contribution in [3.63, 3.8) is 0 Å². The Labute approximate surface area is 189 Å². The van der Waals surface area contributed by atoms with Crippen LogP contribution in [0.3, 0.4) is 0 Å². The number of sulfonamides is 1. The molecule has 0 spiro atoms. The van der Waals surface area contributed by atoms with E-state index in [-0.39, 0.29) is 17.3 Å². The van der Waals surface area contributed by atoms with Crippen LogP contribution in [0, 0.1) is 12.3 Å². The summed E-state index contributed by atoms with van der Waals surface area (Å²) in [5.74, 6) is 0.173. The zero-order chi connectivity index (χ0) is 22.7. The molecule has 1 heterocycles. The lowest BCUT2D eigenvalue weighted by Crippen LogP contribution is -2.54. The maximum absolute atomic E-state index is 13.8. The van der Waals surface area contributed by atoms with Crippen LogP contribution in [0.15, 0.2) is 94.8 Å². The molecule has 1 fully saturated rings. The van der Waals surface area contributed by atoms with E-state index in [2.05, 4.69) is 4.99 Å². The second-order valence-electron chi connectivity index (χ2n) is 7.80. The molecule has 0 radical (unpaired) electrons. The smallest absolute Gasteiger partial charge is 0.244 e. The first kappa shape index (κ1) is 21.9. The molecule has 0 unspecified atom stereocenters. The quantitative estimate of drug-likeness (QED) is 0.466. The van der Waals surface area contributed by atoms with Crippen LogP contribution in [-0.2, 0) is 10.0 Å². The second-order valence-corrected chi connectivity index (χ2v) is 9.69. The molecule has 0 bridgehead atoms. The van der Waals surface area contributed by atoms with Crippen LogP contribution in [0.1, 0.15) is 28.8 Å². The van der Waals surface area contributed by atoms with E-state index in [1.54, 1.807) is 42.6 Å². The van der Waals surface area contributed by atoms with E-state index in [4.69, 9.17) is 5.41 Å². The monoisotopic (exact) mass is 446 g/mol. The number of amidine groups is 1. The molecule has 0 aromatic heterocycles. The fraction of sp³-hybridized carbons (Fsp3) is 0.200. The summed E-state index contributed by atoms with van der Waals surface area (Å²) in [6.45, 7) is 1.87. The normalized spacial score (nSPS) is 20.1. The number of hydrogen-bond donors (Lipinski definition) is 1. The zero-order valence-corrected chi connectivity index (χ0v) is 18.9. The van der Waals surface area contributed by atoms with Crippen molar-refractivity contribution in [2.24, 2.45) is 4.99 Å². The van der Waals surface area contributed by atoms with E-state index in [1.165, 1.54) is 4.31 Å². The molecule has 4 rings (SSSR count). The predicted octanol–water partition coefficient (Wildman–Crippen LogP) is 4.42. The number of nitrogens with zero attached hydrogens (tertiary/aromatic N) is 3. The van der Waals surface area contributed by atoms with Crippen molar-refractivity contribution < 1.29 is 8.42 Å². The van der Waals surface area contributed by atoms with Crippen molar-refractivity contribution in [1.29, 1.82) is 5.41 Å². The van der Waals surface area contributed by atoms with Gasteiger partial charge in [0.05, 0.1) is 29.9 Å². The molecular formula is C25H26N4O2S. The molecule has 1 N–H and O–H groups in total. The second kappa shape index (κ2) is 9.06. The molecule has 32 heavy (non-hydrogen) atoms. The van der Waals surface area contributed by atoms with Crippen molar-refractivity contribution >= 4 is 22.2 Å². The number of nitrogens with one attached hydrogen (secondary N) is 1. The molecule has 0 aliphatic carbocycles. The van der Waals surface area contributed by atoms with Crippen LogP contribution >= 0.6 is 0 Å². The largest absolute Gasteiger partial charge is 0.311 e. The van der Waals surface area contributed by atoms with E-state index in [0.717, 1.165) is 16.7 Å². The summed E-state index contributed by atoms with van der Waals surface area (Å²) >= 11 is 0. The topological polar surface area (TPSA) is 76.8 Å². The fourth-order valence-electron chi connectivity index (χ4n) is 4.14. The third-order valence-corrected chi connectivity index (χ3v) is 7.52. The van der Waals surface area contributed by atoms with Crippen LogP contribution < -0.4 is 0 Å². The average Bonchev–Trinajstić information content (AvgIpc) is 2.81. The van der Waals surface area contributed by atoms with Gasteiger partial charge in [-0.15, -0.1) is 0 Å². The number of rotatable bonds is 5.